The molecule has 3 aromatic rings. The van der Waals surface area contributed by atoms with Crippen molar-refractivity contribution in [3.8, 4) is 11.3 Å². The summed E-state index contributed by atoms with van der Waals surface area (Å²) in [4.78, 5) is 22.1. The number of fused-ring (bicyclic) bond motifs is 1. The molecule has 0 radical (unpaired) electrons. The van der Waals surface area contributed by atoms with Gasteiger partial charge >= 0.3 is 0 Å². The molecule has 3 N–H and O–H groups in total. The highest BCUT2D eigenvalue weighted by atomic mass is 35.5. The summed E-state index contributed by atoms with van der Waals surface area (Å²) in [6, 6.07) is 11.0. The Morgan fingerprint density at radius 1 is 1.23 bits per heavy atom. The molecule has 2 aliphatic heterocycles. The molecular weight excluding hydrogens is 554 g/mol. The maximum absolute atomic E-state index is 13.6. The van der Waals surface area contributed by atoms with E-state index in [1.165, 1.54) is 10.5 Å². The highest BCUT2D eigenvalue weighted by Gasteiger charge is 2.41. The van der Waals surface area contributed by atoms with Gasteiger partial charge in [-0.3, -0.25) is 4.79 Å². The van der Waals surface area contributed by atoms with Crippen LogP contribution in [-0.4, -0.2) is 65.6 Å². The third kappa shape index (κ3) is 5.84. The quantitative estimate of drug-likeness (QED) is 0.366. The van der Waals surface area contributed by atoms with Gasteiger partial charge in [-0.2, -0.15) is 4.31 Å². The summed E-state index contributed by atoms with van der Waals surface area (Å²) >= 11 is 6.43. The highest BCUT2D eigenvalue weighted by molar-refractivity contribution is 7.89. The number of aliphatic hydroxyl groups is 1. The van der Waals surface area contributed by atoms with Crippen LogP contribution in [0.3, 0.4) is 0 Å². The lowest BCUT2D eigenvalue weighted by molar-refractivity contribution is -0.125. The minimum absolute atomic E-state index is 0.0504. The van der Waals surface area contributed by atoms with Gasteiger partial charge in [0.15, 0.2) is 0 Å². The number of ether oxygens (including phenoxy) is 1. The molecule has 40 heavy (non-hydrogen) atoms. The van der Waals surface area contributed by atoms with Crippen molar-refractivity contribution in [2.45, 2.75) is 56.3 Å². The number of carbonyl (C=O) groups excluding carboxylic acids is 1. The summed E-state index contributed by atoms with van der Waals surface area (Å²) in [7, 11) is -3.99. The number of aliphatic hydroxyl groups excluding tert-OH is 1. The number of hydrogen-bond acceptors (Lipinski definition) is 8. The van der Waals surface area contributed by atoms with Crippen LogP contribution >= 0.6 is 11.6 Å². The van der Waals surface area contributed by atoms with Crippen molar-refractivity contribution < 1.29 is 23.1 Å². The Morgan fingerprint density at radius 3 is 2.73 bits per heavy atom. The second kappa shape index (κ2) is 11.8. The van der Waals surface area contributed by atoms with Gasteiger partial charge in [0.1, 0.15) is 6.04 Å². The van der Waals surface area contributed by atoms with Gasteiger partial charge in [-0.25, -0.2) is 18.4 Å². The number of carbonyl (C=O) groups is 1. The lowest BCUT2D eigenvalue weighted by Gasteiger charge is -2.25. The molecule has 0 aliphatic carbocycles. The largest absolute Gasteiger partial charge is 0.394 e. The molecule has 5 rings (SSSR count). The number of nitrogens with zero attached hydrogens (tertiary/aromatic N) is 3. The smallest absolute Gasteiger partial charge is 0.244 e. The second-order valence-electron chi connectivity index (χ2n) is 10.1. The fourth-order valence-electron chi connectivity index (χ4n) is 5.00. The van der Waals surface area contributed by atoms with Gasteiger partial charge in [-0.15, -0.1) is 0 Å². The van der Waals surface area contributed by atoms with Gasteiger partial charge in [0, 0.05) is 31.4 Å². The molecule has 2 atom stereocenters. The average molecular weight is 586 g/mol. The molecule has 10 nitrogen and oxygen atoms in total. The van der Waals surface area contributed by atoms with Crippen molar-refractivity contribution in [3.63, 3.8) is 0 Å². The van der Waals surface area contributed by atoms with E-state index in [4.69, 9.17) is 16.3 Å². The third-order valence-electron chi connectivity index (χ3n) is 7.31. The SMILES string of the molecule is Cc1cccc(C(CO)NC(=O)C(C)N2Cc3ccc(-c4nc(NC5CCOCC5)ncc4Cl)cc3S2(=O)=O)c1. The molecule has 1 fully saturated rings. The van der Waals surface area contributed by atoms with Gasteiger partial charge in [0.25, 0.3) is 0 Å². The van der Waals surface area contributed by atoms with Gasteiger partial charge in [-0.05, 0) is 43.9 Å². The Hall–Kier alpha value is -3.09. The Balaban J connectivity index is 1.35. The van der Waals surface area contributed by atoms with Crippen molar-refractivity contribution in [2.24, 2.45) is 0 Å². The van der Waals surface area contributed by atoms with E-state index >= 15 is 0 Å². The van der Waals surface area contributed by atoms with Crippen LogP contribution in [0.4, 0.5) is 5.95 Å². The van der Waals surface area contributed by atoms with E-state index in [-0.39, 0.29) is 24.1 Å². The first-order valence-electron chi connectivity index (χ1n) is 13.2. The number of hydrogen-bond donors (Lipinski definition) is 3. The zero-order valence-corrected chi connectivity index (χ0v) is 23.9. The number of benzene rings is 2. The fraction of sp³-hybridized carbons (Fsp3) is 0.393. The molecule has 2 unspecified atom stereocenters. The Bertz CT molecular complexity index is 1510. The molecule has 12 heteroatoms. The predicted molar refractivity (Wildman–Crippen MR) is 151 cm³/mol. The fourth-order valence-corrected chi connectivity index (χ4v) is 7.02. The summed E-state index contributed by atoms with van der Waals surface area (Å²) < 4.78 is 33.8. The molecule has 2 aromatic carbocycles. The molecule has 2 aliphatic rings. The number of sulfonamides is 1. The number of aromatic nitrogens is 2. The third-order valence-corrected chi connectivity index (χ3v) is 9.58. The zero-order valence-electron chi connectivity index (χ0n) is 22.3. The first kappa shape index (κ1) is 28.4. The van der Waals surface area contributed by atoms with Crippen LogP contribution in [0.5, 0.6) is 0 Å². The number of aryl methyl sites for hydroxylation is 1. The predicted octanol–water partition coefficient (Wildman–Crippen LogP) is 3.44. The van der Waals surface area contributed by atoms with Gasteiger partial charge in [0.2, 0.25) is 21.9 Å². The maximum Gasteiger partial charge on any atom is 0.244 e. The zero-order chi connectivity index (χ0) is 28.4. The molecule has 1 amide bonds. The standard InChI is InChI=1S/C28H32ClN5O5S/c1-17-4-3-5-19(12-17)24(16-35)32-27(36)18(2)34-15-21-7-6-20(13-25(21)40(34,37)38)26-23(29)14-30-28(33-26)31-22-8-10-39-11-9-22/h3-7,12-14,18,22,24,35H,8-11,15-16H2,1-2H3,(H,32,36)(H,30,31,33). The number of anilines is 1. The molecule has 0 saturated carbocycles. The Labute approximate surface area is 238 Å². The molecule has 0 spiro atoms. The minimum Gasteiger partial charge on any atom is -0.394 e. The summed E-state index contributed by atoms with van der Waals surface area (Å²) in [5.41, 5.74) is 3.25. The molecule has 3 heterocycles. The Morgan fingerprint density at radius 2 is 2.00 bits per heavy atom. The van der Waals surface area contributed by atoms with Crippen LogP contribution in [-0.2, 0) is 26.1 Å². The average Bonchev–Trinajstić information content (AvgIpc) is 3.22. The summed E-state index contributed by atoms with van der Waals surface area (Å²) in [6.07, 6.45) is 3.17. The number of nitrogens with one attached hydrogen (secondary N) is 2. The van der Waals surface area contributed by atoms with Crippen molar-refractivity contribution >= 4 is 33.5 Å². The van der Waals surface area contributed by atoms with E-state index in [1.54, 1.807) is 25.1 Å². The van der Waals surface area contributed by atoms with Crippen LogP contribution in [0, 0.1) is 6.92 Å². The summed E-state index contributed by atoms with van der Waals surface area (Å²) in [6.45, 7) is 4.53. The van der Waals surface area contributed by atoms with Crippen LogP contribution < -0.4 is 10.6 Å². The molecular formula is C28H32ClN5O5S. The topological polar surface area (TPSA) is 134 Å². The molecule has 1 saturated heterocycles. The molecule has 212 valence electrons. The Kier molecular flexibility index (Phi) is 8.39. The summed E-state index contributed by atoms with van der Waals surface area (Å²) in [5, 5.41) is 16.3. The van der Waals surface area contributed by atoms with E-state index < -0.39 is 28.0 Å². The van der Waals surface area contributed by atoms with Gasteiger partial charge in [0.05, 0.1) is 34.5 Å². The van der Waals surface area contributed by atoms with Crippen LogP contribution in [0.2, 0.25) is 5.02 Å². The second-order valence-corrected chi connectivity index (χ2v) is 12.4. The van der Waals surface area contributed by atoms with E-state index in [0.29, 0.717) is 41.0 Å². The van der Waals surface area contributed by atoms with Crippen molar-refractivity contribution in [1.82, 2.24) is 19.6 Å². The van der Waals surface area contributed by atoms with E-state index in [1.807, 2.05) is 31.2 Å². The normalized spacial score (nSPS) is 18.6. The lowest BCUT2D eigenvalue weighted by Crippen LogP contribution is -2.46. The lowest BCUT2D eigenvalue weighted by atomic mass is 10.0. The van der Waals surface area contributed by atoms with E-state index in [9.17, 15) is 18.3 Å². The van der Waals surface area contributed by atoms with Crippen molar-refractivity contribution in [1.29, 1.82) is 0 Å². The monoisotopic (exact) mass is 585 g/mol. The van der Waals surface area contributed by atoms with Gasteiger partial charge in [-0.1, -0.05) is 53.6 Å². The first-order chi connectivity index (χ1) is 19.2. The maximum atomic E-state index is 13.6. The minimum atomic E-state index is -3.99. The molecule has 1 aromatic heterocycles. The van der Waals surface area contributed by atoms with Crippen LogP contribution in [0.25, 0.3) is 11.3 Å². The molecule has 0 bridgehead atoms. The van der Waals surface area contributed by atoms with E-state index in [0.717, 1.165) is 24.0 Å². The van der Waals surface area contributed by atoms with Crippen LogP contribution in [0.1, 0.15) is 42.5 Å². The van der Waals surface area contributed by atoms with Crippen molar-refractivity contribution in [2.75, 3.05) is 25.1 Å². The van der Waals surface area contributed by atoms with Crippen molar-refractivity contribution in [3.05, 3.63) is 70.4 Å². The summed E-state index contributed by atoms with van der Waals surface area (Å²) in [5.74, 6) is -0.0894. The highest BCUT2D eigenvalue weighted by Crippen LogP contribution is 2.36. The first-order valence-corrected chi connectivity index (χ1v) is 15.0. The number of rotatable bonds is 8. The number of halogens is 1. The number of amides is 1. The van der Waals surface area contributed by atoms with Gasteiger partial charge < -0.3 is 20.5 Å². The van der Waals surface area contributed by atoms with E-state index in [2.05, 4.69) is 20.6 Å². The van der Waals surface area contributed by atoms with Crippen LogP contribution in [0.15, 0.2) is 53.6 Å².